The van der Waals surface area contributed by atoms with E-state index in [-0.39, 0.29) is 0 Å². The SMILES string of the molecule is COc1ccc2cc[n+](C)c(Cc3ccc(OC)c(Oc4ccc(Cc5c(OC)ccc6cc[n+](C)cc56)cc4)c3)c2c1. The van der Waals surface area contributed by atoms with Gasteiger partial charge in [-0.2, -0.15) is 0 Å². The quantitative estimate of drug-likeness (QED) is 0.182. The average molecular weight is 573 g/mol. The summed E-state index contributed by atoms with van der Waals surface area (Å²) in [6.07, 6.45) is 7.79. The number of hydrogen-bond donors (Lipinski definition) is 0. The van der Waals surface area contributed by atoms with Crippen molar-refractivity contribution in [1.82, 2.24) is 0 Å². The molecule has 216 valence electrons. The fourth-order valence-electron chi connectivity index (χ4n) is 5.64. The number of rotatable bonds is 9. The van der Waals surface area contributed by atoms with Crippen LogP contribution in [-0.2, 0) is 26.9 Å². The molecule has 0 fully saturated rings. The number of benzene rings is 4. The van der Waals surface area contributed by atoms with E-state index in [0.29, 0.717) is 11.5 Å². The van der Waals surface area contributed by atoms with Gasteiger partial charge in [0.05, 0.1) is 38.5 Å². The molecule has 0 spiro atoms. The Balaban J connectivity index is 1.26. The molecule has 6 rings (SSSR count). The standard InChI is InChI=1S/C37H36N2O4/c1-38-18-16-28-10-15-35(41-4)32(33(28)24-38)20-25-6-11-29(12-7-25)43-37-22-26(8-14-36(37)42-5)21-34-31-23-30(40-3)13-9-27(31)17-19-39(34)2/h6-19,22-24H,20-21H2,1-5H3/q+2. The maximum atomic E-state index is 6.39. The maximum Gasteiger partial charge on any atom is 0.193 e. The molecule has 0 N–H and O–H groups in total. The van der Waals surface area contributed by atoms with Gasteiger partial charge < -0.3 is 18.9 Å². The number of aryl methyl sites for hydroxylation is 2. The summed E-state index contributed by atoms with van der Waals surface area (Å²) in [6.45, 7) is 0. The highest BCUT2D eigenvalue weighted by atomic mass is 16.5. The fourth-order valence-corrected chi connectivity index (χ4v) is 5.64. The van der Waals surface area contributed by atoms with Crippen LogP contribution in [0.15, 0.2) is 104 Å². The van der Waals surface area contributed by atoms with Gasteiger partial charge in [0, 0.05) is 24.1 Å². The summed E-state index contributed by atoms with van der Waals surface area (Å²) in [6, 6.07) is 29.0. The lowest BCUT2D eigenvalue weighted by atomic mass is 9.98. The van der Waals surface area contributed by atoms with Crippen LogP contribution in [0.4, 0.5) is 0 Å². The first-order valence-electron chi connectivity index (χ1n) is 14.3. The molecule has 6 aromatic rings. The van der Waals surface area contributed by atoms with Crippen LogP contribution < -0.4 is 28.1 Å². The molecular weight excluding hydrogens is 536 g/mol. The van der Waals surface area contributed by atoms with Gasteiger partial charge in [-0.3, -0.25) is 0 Å². The molecule has 0 aliphatic carbocycles. The van der Waals surface area contributed by atoms with Crippen molar-refractivity contribution in [3.05, 3.63) is 126 Å². The molecule has 0 aliphatic heterocycles. The fraction of sp³-hybridized carbons (Fsp3) is 0.189. The lowest BCUT2D eigenvalue weighted by molar-refractivity contribution is -0.677. The Hall–Kier alpha value is -5.10. The van der Waals surface area contributed by atoms with Gasteiger partial charge in [-0.1, -0.05) is 30.3 Å². The van der Waals surface area contributed by atoms with Crippen LogP contribution in [0, 0.1) is 0 Å². The van der Waals surface area contributed by atoms with E-state index in [2.05, 4.69) is 89.4 Å². The molecular formula is C37H36N2O4+2. The smallest absolute Gasteiger partial charge is 0.193 e. The predicted molar refractivity (Wildman–Crippen MR) is 168 cm³/mol. The van der Waals surface area contributed by atoms with Gasteiger partial charge in [0.15, 0.2) is 35.8 Å². The second kappa shape index (κ2) is 12.0. The number of fused-ring (bicyclic) bond motifs is 2. The Bertz CT molecular complexity index is 1930. The number of pyridine rings is 2. The van der Waals surface area contributed by atoms with E-state index in [9.17, 15) is 0 Å². The van der Waals surface area contributed by atoms with Gasteiger partial charge >= 0.3 is 0 Å². The van der Waals surface area contributed by atoms with Crippen molar-refractivity contribution in [2.75, 3.05) is 21.3 Å². The molecule has 4 aromatic carbocycles. The van der Waals surface area contributed by atoms with Crippen LogP contribution in [0.1, 0.15) is 22.4 Å². The molecule has 2 heterocycles. The Labute approximate surface area is 252 Å². The highest BCUT2D eigenvalue weighted by Gasteiger charge is 2.17. The summed E-state index contributed by atoms with van der Waals surface area (Å²) >= 11 is 0. The van der Waals surface area contributed by atoms with Crippen LogP contribution in [-0.4, -0.2) is 21.3 Å². The molecule has 6 heteroatoms. The first-order chi connectivity index (χ1) is 20.9. The first-order valence-corrected chi connectivity index (χ1v) is 14.3. The van der Waals surface area contributed by atoms with Crippen molar-refractivity contribution in [1.29, 1.82) is 0 Å². The third kappa shape index (κ3) is 5.82. The molecule has 0 atom stereocenters. The molecule has 2 aromatic heterocycles. The van der Waals surface area contributed by atoms with Gasteiger partial charge in [-0.05, 0) is 64.4 Å². The summed E-state index contributed by atoms with van der Waals surface area (Å²) in [5.41, 5.74) is 4.64. The van der Waals surface area contributed by atoms with Crippen LogP contribution in [0.5, 0.6) is 28.7 Å². The van der Waals surface area contributed by atoms with E-state index in [0.717, 1.165) is 41.0 Å². The molecule has 0 amide bonds. The van der Waals surface area contributed by atoms with E-state index in [1.165, 1.54) is 33.0 Å². The van der Waals surface area contributed by atoms with E-state index < -0.39 is 0 Å². The summed E-state index contributed by atoms with van der Waals surface area (Å²) in [4.78, 5) is 0. The van der Waals surface area contributed by atoms with Gasteiger partial charge in [0.25, 0.3) is 0 Å². The first kappa shape index (κ1) is 28.0. The van der Waals surface area contributed by atoms with Crippen LogP contribution in [0.2, 0.25) is 0 Å². The van der Waals surface area contributed by atoms with Crippen molar-refractivity contribution in [3.63, 3.8) is 0 Å². The lowest BCUT2D eigenvalue weighted by Crippen LogP contribution is -2.33. The highest BCUT2D eigenvalue weighted by Crippen LogP contribution is 2.35. The van der Waals surface area contributed by atoms with Crippen molar-refractivity contribution in [3.8, 4) is 28.7 Å². The second-order valence-electron chi connectivity index (χ2n) is 10.8. The number of ether oxygens (including phenoxy) is 4. The maximum absolute atomic E-state index is 6.39. The van der Waals surface area contributed by atoms with Crippen LogP contribution >= 0.6 is 0 Å². The molecule has 43 heavy (non-hydrogen) atoms. The molecule has 0 aliphatic rings. The average Bonchev–Trinajstić information content (AvgIpc) is 3.03. The topological polar surface area (TPSA) is 44.7 Å². The number of aromatic nitrogens is 2. The van der Waals surface area contributed by atoms with Gasteiger partial charge in [0.2, 0.25) is 0 Å². The summed E-state index contributed by atoms with van der Waals surface area (Å²) in [5, 5.41) is 4.71. The minimum Gasteiger partial charge on any atom is -0.497 e. The summed E-state index contributed by atoms with van der Waals surface area (Å²) < 4.78 is 27.5. The molecule has 0 radical (unpaired) electrons. The Morgan fingerprint density at radius 1 is 0.558 bits per heavy atom. The molecule has 0 saturated heterocycles. The normalized spacial score (nSPS) is 11.1. The third-order valence-electron chi connectivity index (χ3n) is 8.00. The molecule has 0 unspecified atom stereocenters. The van der Waals surface area contributed by atoms with E-state index >= 15 is 0 Å². The Kier molecular flexibility index (Phi) is 7.84. The summed E-state index contributed by atoms with van der Waals surface area (Å²) in [7, 11) is 9.20. The number of nitrogens with zero attached hydrogens (tertiary/aromatic N) is 2. The molecule has 0 saturated carbocycles. The lowest BCUT2D eigenvalue weighted by Gasteiger charge is -2.14. The minimum absolute atomic E-state index is 0.677. The monoisotopic (exact) mass is 572 g/mol. The van der Waals surface area contributed by atoms with Crippen molar-refractivity contribution < 1.29 is 28.1 Å². The zero-order chi connectivity index (χ0) is 29.9. The molecule has 0 bridgehead atoms. The number of methoxy groups -OCH3 is 3. The molecule has 6 nitrogen and oxygen atoms in total. The minimum atomic E-state index is 0.677. The predicted octanol–water partition coefficient (Wildman–Crippen LogP) is 6.64. The van der Waals surface area contributed by atoms with Crippen molar-refractivity contribution >= 4 is 21.5 Å². The van der Waals surface area contributed by atoms with Gasteiger partial charge in [0.1, 0.15) is 31.3 Å². The van der Waals surface area contributed by atoms with Gasteiger partial charge in [-0.15, -0.1) is 0 Å². The highest BCUT2D eigenvalue weighted by molar-refractivity contribution is 5.87. The Morgan fingerprint density at radius 3 is 2.00 bits per heavy atom. The zero-order valence-electron chi connectivity index (χ0n) is 25.3. The van der Waals surface area contributed by atoms with Crippen LogP contribution in [0.25, 0.3) is 21.5 Å². The number of hydrogen-bond acceptors (Lipinski definition) is 4. The second-order valence-corrected chi connectivity index (χ2v) is 10.8. The van der Waals surface area contributed by atoms with Crippen molar-refractivity contribution in [2.45, 2.75) is 12.8 Å². The van der Waals surface area contributed by atoms with Crippen molar-refractivity contribution in [2.24, 2.45) is 14.1 Å². The zero-order valence-corrected chi connectivity index (χ0v) is 25.3. The summed E-state index contributed by atoms with van der Waals surface area (Å²) in [5.74, 6) is 3.84. The largest absolute Gasteiger partial charge is 0.497 e. The van der Waals surface area contributed by atoms with Crippen LogP contribution in [0.3, 0.4) is 0 Å². The van der Waals surface area contributed by atoms with Gasteiger partial charge in [-0.25, -0.2) is 9.13 Å². The van der Waals surface area contributed by atoms with E-state index in [1.807, 2.05) is 37.4 Å². The van der Waals surface area contributed by atoms with E-state index in [4.69, 9.17) is 18.9 Å². The Morgan fingerprint density at radius 2 is 1.23 bits per heavy atom. The van der Waals surface area contributed by atoms with E-state index in [1.54, 1.807) is 21.3 Å². The third-order valence-corrected chi connectivity index (χ3v) is 8.00.